The first kappa shape index (κ1) is 25.1. The van der Waals surface area contributed by atoms with Crippen molar-refractivity contribution in [2.75, 3.05) is 40.4 Å². The topological polar surface area (TPSA) is 99.5 Å². The summed E-state index contributed by atoms with van der Waals surface area (Å²) in [6, 6.07) is 8.96. The lowest BCUT2D eigenvalue weighted by molar-refractivity contribution is -0.140. The van der Waals surface area contributed by atoms with Crippen molar-refractivity contribution >= 4 is 17.4 Å². The Kier molecular flexibility index (Phi) is 7.83. The Labute approximate surface area is 200 Å². The number of methoxy groups -OCH3 is 2. The van der Waals surface area contributed by atoms with Crippen LogP contribution in [0.5, 0.6) is 17.2 Å². The minimum Gasteiger partial charge on any atom is -0.507 e. The summed E-state index contributed by atoms with van der Waals surface area (Å²) in [5.74, 6) is -0.888. The maximum atomic E-state index is 13.2. The fourth-order valence-electron chi connectivity index (χ4n) is 4.28. The maximum Gasteiger partial charge on any atom is 0.295 e. The summed E-state index contributed by atoms with van der Waals surface area (Å²) in [6.07, 6.45) is 0. The van der Waals surface area contributed by atoms with E-state index in [-0.39, 0.29) is 22.8 Å². The van der Waals surface area contributed by atoms with Gasteiger partial charge in [-0.2, -0.15) is 0 Å². The number of rotatable bonds is 9. The largest absolute Gasteiger partial charge is 0.507 e. The lowest BCUT2D eigenvalue weighted by atomic mass is 9.93. The molecule has 0 saturated carbocycles. The number of amides is 1. The zero-order chi connectivity index (χ0) is 25.0. The first-order valence-corrected chi connectivity index (χ1v) is 11.3. The number of carbonyl (C=O) groups is 2. The van der Waals surface area contributed by atoms with E-state index >= 15 is 0 Å². The SMILES string of the molecule is CCN(CC)CCN1C(=O)C(=O)/C(=C(/O)c2ccc(OC)cc2C)[C@@H]1c1ccc(O)c(OC)c1. The van der Waals surface area contributed by atoms with Gasteiger partial charge in [-0.3, -0.25) is 9.59 Å². The van der Waals surface area contributed by atoms with Crippen molar-refractivity contribution < 1.29 is 29.3 Å². The van der Waals surface area contributed by atoms with Gasteiger partial charge in [0.1, 0.15) is 11.5 Å². The highest BCUT2D eigenvalue weighted by Crippen LogP contribution is 2.42. The predicted octanol–water partition coefficient (Wildman–Crippen LogP) is 3.48. The third kappa shape index (κ3) is 4.72. The number of likely N-dealkylation sites (tertiary alicyclic amines) is 1. The second-order valence-electron chi connectivity index (χ2n) is 8.13. The Morgan fingerprint density at radius 3 is 2.35 bits per heavy atom. The number of aromatic hydroxyl groups is 1. The number of nitrogens with zero attached hydrogens (tertiary/aromatic N) is 2. The minimum absolute atomic E-state index is 0.00515. The van der Waals surface area contributed by atoms with Crippen LogP contribution in [0.2, 0.25) is 0 Å². The monoisotopic (exact) mass is 468 g/mol. The molecule has 0 radical (unpaired) electrons. The van der Waals surface area contributed by atoms with Crippen LogP contribution in [0.25, 0.3) is 5.76 Å². The normalized spacial score (nSPS) is 17.5. The first-order chi connectivity index (χ1) is 16.3. The fourth-order valence-corrected chi connectivity index (χ4v) is 4.28. The molecular formula is C26H32N2O6. The van der Waals surface area contributed by atoms with E-state index in [1.54, 1.807) is 44.4 Å². The molecule has 1 heterocycles. The molecule has 1 aliphatic heterocycles. The summed E-state index contributed by atoms with van der Waals surface area (Å²) in [6.45, 7) is 8.36. The number of aliphatic hydroxyl groups excluding tert-OH is 1. The van der Waals surface area contributed by atoms with Gasteiger partial charge in [0.05, 0.1) is 25.8 Å². The average molecular weight is 469 g/mol. The van der Waals surface area contributed by atoms with Crippen molar-refractivity contribution in [2.45, 2.75) is 26.8 Å². The number of benzene rings is 2. The van der Waals surface area contributed by atoms with Crippen molar-refractivity contribution in [3.63, 3.8) is 0 Å². The van der Waals surface area contributed by atoms with Crippen molar-refractivity contribution in [3.8, 4) is 17.2 Å². The minimum atomic E-state index is -0.827. The number of phenolic OH excluding ortho intramolecular Hbond substituents is 1. The van der Waals surface area contributed by atoms with Gasteiger partial charge in [-0.25, -0.2) is 0 Å². The lowest BCUT2D eigenvalue weighted by Gasteiger charge is -2.28. The molecule has 2 aromatic rings. The molecule has 1 saturated heterocycles. The van der Waals surface area contributed by atoms with Gasteiger partial charge in [-0.15, -0.1) is 0 Å². The molecule has 1 amide bonds. The van der Waals surface area contributed by atoms with Crippen LogP contribution >= 0.6 is 0 Å². The Morgan fingerprint density at radius 1 is 1.06 bits per heavy atom. The van der Waals surface area contributed by atoms with Crippen LogP contribution in [-0.4, -0.2) is 72.1 Å². The van der Waals surface area contributed by atoms with Crippen LogP contribution in [0, 0.1) is 6.92 Å². The van der Waals surface area contributed by atoms with Crippen molar-refractivity contribution in [1.82, 2.24) is 9.80 Å². The fraction of sp³-hybridized carbons (Fsp3) is 0.385. The number of hydrogen-bond acceptors (Lipinski definition) is 7. The smallest absolute Gasteiger partial charge is 0.295 e. The molecular weight excluding hydrogens is 436 g/mol. The summed E-state index contributed by atoms with van der Waals surface area (Å²) in [5.41, 5.74) is 1.71. The van der Waals surface area contributed by atoms with Gasteiger partial charge in [0.15, 0.2) is 11.5 Å². The molecule has 1 aliphatic rings. The molecule has 182 valence electrons. The van der Waals surface area contributed by atoms with Crippen molar-refractivity contribution in [3.05, 3.63) is 58.7 Å². The number of Topliss-reactive ketones (excluding diaryl/α,β-unsaturated/α-hetero) is 1. The van der Waals surface area contributed by atoms with Crippen LogP contribution in [-0.2, 0) is 9.59 Å². The molecule has 8 heteroatoms. The summed E-state index contributed by atoms with van der Waals surface area (Å²) < 4.78 is 10.5. The van der Waals surface area contributed by atoms with E-state index in [1.807, 2.05) is 13.8 Å². The van der Waals surface area contributed by atoms with Crippen LogP contribution in [0.15, 0.2) is 42.0 Å². The number of aliphatic hydroxyl groups is 1. The Balaban J connectivity index is 2.17. The highest BCUT2D eigenvalue weighted by Gasteiger charge is 2.46. The van der Waals surface area contributed by atoms with Crippen molar-refractivity contribution in [1.29, 1.82) is 0 Å². The van der Waals surface area contributed by atoms with Crippen LogP contribution in [0.1, 0.15) is 36.6 Å². The van der Waals surface area contributed by atoms with Crippen LogP contribution in [0.4, 0.5) is 0 Å². The lowest BCUT2D eigenvalue weighted by Crippen LogP contribution is -2.38. The number of aryl methyl sites for hydroxylation is 1. The maximum absolute atomic E-state index is 13.2. The first-order valence-electron chi connectivity index (χ1n) is 11.3. The second-order valence-corrected chi connectivity index (χ2v) is 8.13. The molecule has 34 heavy (non-hydrogen) atoms. The van der Waals surface area contributed by atoms with Crippen LogP contribution in [0.3, 0.4) is 0 Å². The molecule has 0 bridgehead atoms. The van der Waals surface area contributed by atoms with Gasteiger partial charge in [0.2, 0.25) is 0 Å². The van der Waals surface area contributed by atoms with E-state index in [4.69, 9.17) is 9.47 Å². The van der Waals surface area contributed by atoms with E-state index in [2.05, 4.69) is 4.90 Å². The molecule has 0 aliphatic carbocycles. The number of likely N-dealkylation sites (N-methyl/N-ethyl adjacent to an activating group) is 1. The zero-order valence-corrected chi connectivity index (χ0v) is 20.3. The molecule has 0 spiro atoms. The summed E-state index contributed by atoms with van der Waals surface area (Å²) >= 11 is 0. The molecule has 2 N–H and O–H groups in total. The van der Waals surface area contributed by atoms with Crippen LogP contribution < -0.4 is 9.47 Å². The predicted molar refractivity (Wildman–Crippen MR) is 129 cm³/mol. The van der Waals surface area contributed by atoms with Gasteiger partial charge in [-0.05, 0) is 61.5 Å². The highest BCUT2D eigenvalue weighted by molar-refractivity contribution is 6.46. The summed E-state index contributed by atoms with van der Waals surface area (Å²) in [4.78, 5) is 30.0. The number of phenols is 1. The quantitative estimate of drug-likeness (QED) is 0.330. The Hall–Kier alpha value is -3.52. The summed E-state index contributed by atoms with van der Waals surface area (Å²) in [5, 5.41) is 21.4. The van der Waals surface area contributed by atoms with E-state index < -0.39 is 17.7 Å². The average Bonchev–Trinajstić information content (AvgIpc) is 3.09. The number of carbonyl (C=O) groups excluding carboxylic acids is 2. The number of ether oxygens (including phenoxy) is 2. The Morgan fingerprint density at radius 2 is 1.76 bits per heavy atom. The van der Waals surface area contributed by atoms with Crippen molar-refractivity contribution in [2.24, 2.45) is 0 Å². The highest BCUT2D eigenvalue weighted by atomic mass is 16.5. The number of ketones is 1. The van der Waals surface area contributed by atoms with Gasteiger partial charge < -0.3 is 29.5 Å². The number of hydrogen-bond donors (Lipinski definition) is 2. The molecule has 1 fully saturated rings. The van der Waals surface area contributed by atoms with E-state index in [0.717, 1.165) is 13.1 Å². The molecule has 2 aromatic carbocycles. The Bertz CT molecular complexity index is 1110. The van der Waals surface area contributed by atoms with Gasteiger partial charge >= 0.3 is 0 Å². The summed E-state index contributed by atoms with van der Waals surface area (Å²) in [7, 11) is 2.98. The third-order valence-electron chi connectivity index (χ3n) is 6.30. The molecule has 1 atom stereocenters. The van der Waals surface area contributed by atoms with E-state index in [9.17, 15) is 19.8 Å². The molecule has 8 nitrogen and oxygen atoms in total. The molecule has 0 unspecified atom stereocenters. The van der Waals surface area contributed by atoms with Gasteiger partial charge in [0.25, 0.3) is 11.7 Å². The van der Waals surface area contributed by atoms with E-state index in [1.165, 1.54) is 18.1 Å². The molecule has 3 rings (SSSR count). The van der Waals surface area contributed by atoms with Gasteiger partial charge in [-0.1, -0.05) is 19.9 Å². The molecule has 0 aromatic heterocycles. The standard InChI is InChI=1S/C26H32N2O6/c1-6-27(7-2)12-13-28-23(17-8-11-20(29)21(15-17)34-5)22(25(31)26(28)32)24(30)19-10-9-18(33-4)14-16(19)3/h8-11,14-15,23,29-30H,6-7,12-13H2,1-5H3/b24-22+/t23-/m0/s1. The van der Waals surface area contributed by atoms with Gasteiger partial charge in [0, 0.05) is 18.7 Å². The second kappa shape index (κ2) is 10.6. The van der Waals surface area contributed by atoms with E-state index in [0.29, 0.717) is 35.5 Å². The third-order valence-corrected chi connectivity index (χ3v) is 6.30. The zero-order valence-electron chi connectivity index (χ0n) is 20.3.